The summed E-state index contributed by atoms with van der Waals surface area (Å²) in [4.78, 5) is 10.7. The molecule has 1 atom stereocenters. The van der Waals surface area contributed by atoms with Crippen molar-refractivity contribution in [3.8, 4) is 0 Å². The molecule has 0 radical (unpaired) electrons. The molecule has 1 rings (SSSR count). The van der Waals surface area contributed by atoms with E-state index in [4.69, 9.17) is 0 Å². The second-order valence-electron chi connectivity index (χ2n) is 6.18. The summed E-state index contributed by atoms with van der Waals surface area (Å²) in [5, 5.41) is 28.2. The predicted molar refractivity (Wildman–Crippen MR) is 77.8 cm³/mol. The van der Waals surface area contributed by atoms with Gasteiger partial charge in [-0.05, 0) is 18.3 Å². The van der Waals surface area contributed by atoms with Crippen LogP contribution >= 0.6 is 0 Å². The van der Waals surface area contributed by atoms with E-state index in [9.17, 15) is 15.2 Å². The molecule has 1 unspecified atom stereocenters. The van der Waals surface area contributed by atoms with Gasteiger partial charge in [-0.3, -0.25) is 10.1 Å². The molecule has 114 valence electrons. The second-order valence-corrected chi connectivity index (χ2v) is 6.18. The summed E-state index contributed by atoms with van der Waals surface area (Å²) in [5.41, 5.74) is 0.455. The van der Waals surface area contributed by atoms with E-state index in [-0.39, 0.29) is 17.6 Å². The molecule has 0 aliphatic rings. The third-order valence-electron chi connectivity index (χ3n) is 2.96. The molecule has 0 saturated heterocycles. The lowest BCUT2D eigenvalue weighted by Gasteiger charge is -2.22. The number of nitrogens with one attached hydrogen (secondary N) is 1. The van der Waals surface area contributed by atoms with E-state index < -0.39 is 11.0 Å². The first-order valence-electron chi connectivity index (χ1n) is 6.78. The van der Waals surface area contributed by atoms with Crippen molar-refractivity contribution in [3.63, 3.8) is 0 Å². The Morgan fingerprint density at radius 2 is 2.10 bits per heavy atom. The number of hydrogen-bond donors (Lipinski definition) is 2. The summed E-state index contributed by atoms with van der Waals surface area (Å²) in [6.45, 7) is 8.21. The second kappa shape index (κ2) is 6.21. The molecule has 2 N–H and O–H groups in total. The Kier molecular flexibility index (Phi) is 5.10. The molecule has 0 spiro atoms. The van der Waals surface area contributed by atoms with Crippen LogP contribution in [-0.4, -0.2) is 32.5 Å². The average Bonchev–Trinajstić information content (AvgIpc) is 2.60. The lowest BCUT2D eigenvalue weighted by atomic mass is 9.89. The number of aliphatic hydroxyl groups is 1. The Bertz CT molecular complexity index is 477. The number of anilines is 1. The van der Waals surface area contributed by atoms with Crippen molar-refractivity contribution in [2.45, 2.75) is 46.6 Å². The Hall–Kier alpha value is -1.63. The van der Waals surface area contributed by atoms with Gasteiger partial charge >= 0.3 is 5.69 Å². The van der Waals surface area contributed by atoms with Gasteiger partial charge in [0.25, 0.3) is 0 Å². The maximum atomic E-state index is 11.1. The summed E-state index contributed by atoms with van der Waals surface area (Å²) in [7, 11) is 1.66. The smallest absolute Gasteiger partial charge is 0.333 e. The number of aromatic nitrogens is 2. The SMILES string of the molecule is CCc1nn(C)c(NCC(O)CC(C)(C)C)c1[N+](=O)[O-]. The Morgan fingerprint density at radius 1 is 1.50 bits per heavy atom. The Morgan fingerprint density at radius 3 is 2.55 bits per heavy atom. The molecule has 0 fully saturated rings. The van der Waals surface area contributed by atoms with Gasteiger partial charge in [0.05, 0.1) is 11.0 Å². The summed E-state index contributed by atoms with van der Waals surface area (Å²) in [6, 6.07) is 0. The van der Waals surface area contributed by atoms with Gasteiger partial charge in [0.2, 0.25) is 5.82 Å². The predicted octanol–water partition coefficient (Wildman–Crippen LogP) is 2.10. The fourth-order valence-electron chi connectivity index (χ4n) is 2.19. The van der Waals surface area contributed by atoms with Crippen molar-refractivity contribution in [1.29, 1.82) is 0 Å². The van der Waals surface area contributed by atoms with Crippen LogP contribution in [0.15, 0.2) is 0 Å². The minimum atomic E-state index is -0.561. The zero-order valence-corrected chi connectivity index (χ0v) is 12.8. The molecule has 0 saturated carbocycles. The molecular weight excluding hydrogens is 260 g/mol. The van der Waals surface area contributed by atoms with E-state index in [1.165, 1.54) is 4.68 Å². The monoisotopic (exact) mass is 284 g/mol. The number of aryl methyl sites for hydroxylation is 2. The highest BCUT2D eigenvalue weighted by molar-refractivity contribution is 5.59. The highest BCUT2D eigenvalue weighted by atomic mass is 16.6. The lowest BCUT2D eigenvalue weighted by Crippen LogP contribution is -2.26. The third kappa shape index (κ3) is 4.19. The first-order valence-corrected chi connectivity index (χ1v) is 6.78. The van der Waals surface area contributed by atoms with Crippen LogP contribution in [0.5, 0.6) is 0 Å². The fraction of sp³-hybridized carbons (Fsp3) is 0.769. The third-order valence-corrected chi connectivity index (χ3v) is 2.96. The molecule has 20 heavy (non-hydrogen) atoms. The molecule has 7 heteroatoms. The van der Waals surface area contributed by atoms with Crippen molar-refractivity contribution in [1.82, 2.24) is 9.78 Å². The number of hydrogen-bond acceptors (Lipinski definition) is 5. The molecule has 0 aliphatic carbocycles. The van der Waals surface area contributed by atoms with Gasteiger partial charge in [0.1, 0.15) is 5.69 Å². The van der Waals surface area contributed by atoms with E-state index in [0.29, 0.717) is 24.4 Å². The summed E-state index contributed by atoms with van der Waals surface area (Å²) in [5.74, 6) is 0.347. The fourth-order valence-corrected chi connectivity index (χ4v) is 2.19. The Labute approximate surface area is 119 Å². The number of nitrogens with zero attached hydrogens (tertiary/aromatic N) is 3. The molecule has 0 aliphatic heterocycles. The first-order chi connectivity index (χ1) is 9.15. The first kappa shape index (κ1) is 16.4. The van der Waals surface area contributed by atoms with E-state index in [2.05, 4.69) is 10.4 Å². The van der Waals surface area contributed by atoms with E-state index >= 15 is 0 Å². The lowest BCUT2D eigenvalue weighted by molar-refractivity contribution is -0.384. The minimum Gasteiger partial charge on any atom is -0.391 e. The van der Waals surface area contributed by atoms with Gasteiger partial charge in [-0.25, -0.2) is 4.68 Å². The van der Waals surface area contributed by atoms with Crippen LogP contribution in [0.4, 0.5) is 11.5 Å². The van der Waals surface area contributed by atoms with Crippen LogP contribution in [0.2, 0.25) is 0 Å². The van der Waals surface area contributed by atoms with Crippen molar-refractivity contribution in [2.75, 3.05) is 11.9 Å². The average molecular weight is 284 g/mol. The maximum absolute atomic E-state index is 11.1. The summed E-state index contributed by atoms with van der Waals surface area (Å²) in [6.07, 6.45) is 0.553. The summed E-state index contributed by atoms with van der Waals surface area (Å²) < 4.78 is 1.46. The van der Waals surface area contributed by atoms with Gasteiger partial charge in [-0.1, -0.05) is 27.7 Å². The molecule has 1 heterocycles. The van der Waals surface area contributed by atoms with Crippen molar-refractivity contribution >= 4 is 11.5 Å². The van der Waals surface area contributed by atoms with Gasteiger partial charge in [-0.15, -0.1) is 0 Å². The van der Waals surface area contributed by atoms with Gasteiger partial charge in [-0.2, -0.15) is 5.10 Å². The van der Waals surface area contributed by atoms with E-state index in [0.717, 1.165) is 0 Å². The maximum Gasteiger partial charge on any atom is 0.333 e. The van der Waals surface area contributed by atoms with Gasteiger partial charge in [0, 0.05) is 13.6 Å². The number of aliphatic hydroxyl groups excluding tert-OH is 1. The molecule has 1 aromatic rings. The van der Waals surface area contributed by atoms with Crippen LogP contribution in [0.3, 0.4) is 0 Å². The largest absolute Gasteiger partial charge is 0.391 e. The van der Waals surface area contributed by atoms with Crippen LogP contribution in [0.1, 0.15) is 39.8 Å². The molecule has 0 amide bonds. The molecule has 1 aromatic heterocycles. The topological polar surface area (TPSA) is 93.2 Å². The van der Waals surface area contributed by atoms with Crippen molar-refractivity contribution in [3.05, 3.63) is 15.8 Å². The van der Waals surface area contributed by atoms with Crippen molar-refractivity contribution < 1.29 is 10.0 Å². The quantitative estimate of drug-likeness (QED) is 0.616. The molecule has 0 bridgehead atoms. The van der Waals surface area contributed by atoms with Crippen LogP contribution in [0, 0.1) is 15.5 Å². The normalized spacial score (nSPS) is 13.3. The van der Waals surface area contributed by atoms with Gasteiger partial charge in [0.15, 0.2) is 0 Å². The van der Waals surface area contributed by atoms with Crippen molar-refractivity contribution in [2.24, 2.45) is 12.5 Å². The van der Waals surface area contributed by atoms with Crippen LogP contribution in [-0.2, 0) is 13.5 Å². The van der Waals surface area contributed by atoms with Crippen LogP contribution < -0.4 is 5.32 Å². The molecule has 0 aromatic carbocycles. The summed E-state index contributed by atoms with van der Waals surface area (Å²) >= 11 is 0. The number of rotatable bonds is 6. The zero-order chi connectivity index (χ0) is 15.5. The van der Waals surface area contributed by atoms with Gasteiger partial charge < -0.3 is 10.4 Å². The Balaban J connectivity index is 2.82. The highest BCUT2D eigenvalue weighted by Crippen LogP contribution is 2.28. The number of nitro groups is 1. The van der Waals surface area contributed by atoms with Crippen LogP contribution in [0.25, 0.3) is 0 Å². The molecular formula is C13H24N4O3. The zero-order valence-electron chi connectivity index (χ0n) is 12.8. The molecule has 7 nitrogen and oxygen atoms in total. The van der Waals surface area contributed by atoms with E-state index in [1.54, 1.807) is 7.05 Å². The standard InChI is InChI=1S/C13H24N4O3/c1-6-10-11(17(19)20)12(16(5)15-10)14-8-9(18)7-13(2,3)4/h9,14,18H,6-8H2,1-5H3. The highest BCUT2D eigenvalue weighted by Gasteiger charge is 2.26. The van der Waals surface area contributed by atoms with E-state index in [1.807, 2.05) is 27.7 Å². The minimum absolute atomic E-state index is 0.00189.